The van der Waals surface area contributed by atoms with Gasteiger partial charge in [-0.2, -0.15) is 0 Å². The fourth-order valence-corrected chi connectivity index (χ4v) is 1.34. The van der Waals surface area contributed by atoms with Crippen molar-refractivity contribution in [3.8, 4) is 0 Å². The van der Waals surface area contributed by atoms with Crippen molar-refractivity contribution >= 4 is 12.0 Å². The average Bonchev–Trinajstić information content (AvgIpc) is 2.38. The van der Waals surface area contributed by atoms with E-state index in [0.29, 0.717) is 12.0 Å². The summed E-state index contributed by atoms with van der Waals surface area (Å²) < 4.78 is 9.48. The van der Waals surface area contributed by atoms with Crippen LogP contribution in [-0.2, 0) is 14.3 Å². The van der Waals surface area contributed by atoms with Gasteiger partial charge in [-0.3, -0.25) is 0 Å². The van der Waals surface area contributed by atoms with Gasteiger partial charge < -0.3 is 9.47 Å². The molecule has 17 heavy (non-hydrogen) atoms. The van der Waals surface area contributed by atoms with Gasteiger partial charge in [0.25, 0.3) is 0 Å². The Morgan fingerprint density at radius 2 is 1.94 bits per heavy atom. The second-order valence-corrected chi connectivity index (χ2v) is 3.39. The third-order valence-electron chi connectivity index (χ3n) is 2.16. The number of methoxy groups -OCH3 is 2. The van der Waals surface area contributed by atoms with E-state index in [4.69, 9.17) is 4.74 Å². The van der Waals surface area contributed by atoms with E-state index in [1.165, 1.54) is 20.5 Å². The van der Waals surface area contributed by atoms with Crippen LogP contribution in [0.15, 0.2) is 48.2 Å². The summed E-state index contributed by atoms with van der Waals surface area (Å²) in [6.45, 7) is 0. The summed E-state index contributed by atoms with van der Waals surface area (Å²) in [5.41, 5.74) is 1.58. The van der Waals surface area contributed by atoms with Crippen LogP contribution in [0.3, 0.4) is 0 Å². The Balaban J connectivity index is 2.62. The number of ether oxygens (including phenoxy) is 2. The molecule has 0 bridgehead atoms. The Bertz CT molecular complexity index is 405. The number of benzene rings is 1. The normalized spacial score (nSPS) is 11.5. The SMILES string of the molecule is CO/C=C(\C/C=C/c1ccccc1)C(=O)OC. The van der Waals surface area contributed by atoms with Crippen LogP contribution >= 0.6 is 0 Å². The summed E-state index contributed by atoms with van der Waals surface area (Å²) in [7, 11) is 2.86. The Labute approximate surface area is 101 Å². The number of rotatable bonds is 5. The maximum atomic E-state index is 11.3. The highest BCUT2D eigenvalue weighted by Gasteiger charge is 2.07. The Kier molecular flexibility index (Phi) is 5.58. The molecule has 0 atom stereocenters. The number of hydrogen-bond acceptors (Lipinski definition) is 3. The van der Waals surface area contributed by atoms with Crippen molar-refractivity contribution in [1.82, 2.24) is 0 Å². The van der Waals surface area contributed by atoms with Gasteiger partial charge in [0.1, 0.15) is 0 Å². The summed E-state index contributed by atoms with van der Waals surface area (Å²) in [6.07, 6.45) is 5.74. The van der Waals surface area contributed by atoms with Crippen LogP contribution in [0.25, 0.3) is 6.08 Å². The molecule has 0 spiro atoms. The van der Waals surface area contributed by atoms with E-state index in [2.05, 4.69) is 4.74 Å². The number of hydrogen-bond donors (Lipinski definition) is 0. The molecule has 0 aliphatic rings. The Morgan fingerprint density at radius 3 is 2.53 bits per heavy atom. The predicted octanol–water partition coefficient (Wildman–Crippen LogP) is 2.79. The van der Waals surface area contributed by atoms with Crippen molar-refractivity contribution in [1.29, 1.82) is 0 Å². The summed E-state index contributed by atoms with van der Waals surface area (Å²) in [6, 6.07) is 9.88. The highest BCUT2D eigenvalue weighted by molar-refractivity contribution is 5.88. The predicted molar refractivity (Wildman–Crippen MR) is 67.2 cm³/mol. The molecule has 0 saturated carbocycles. The first-order valence-corrected chi connectivity index (χ1v) is 5.29. The van der Waals surface area contributed by atoms with Gasteiger partial charge in [-0.1, -0.05) is 42.5 Å². The Hall–Kier alpha value is -2.03. The van der Waals surface area contributed by atoms with Gasteiger partial charge >= 0.3 is 5.97 Å². The van der Waals surface area contributed by atoms with Gasteiger partial charge in [-0.25, -0.2) is 4.79 Å². The second-order valence-electron chi connectivity index (χ2n) is 3.39. The minimum absolute atomic E-state index is 0.371. The van der Waals surface area contributed by atoms with Crippen molar-refractivity contribution in [3.05, 3.63) is 53.8 Å². The van der Waals surface area contributed by atoms with E-state index in [-0.39, 0.29) is 5.97 Å². The number of esters is 1. The molecule has 1 aromatic carbocycles. The minimum atomic E-state index is -0.371. The number of allylic oxidation sites excluding steroid dienone is 1. The van der Waals surface area contributed by atoms with E-state index < -0.39 is 0 Å². The molecule has 0 fully saturated rings. The molecule has 0 aliphatic heterocycles. The molecule has 0 unspecified atom stereocenters. The lowest BCUT2D eigenvalue weighted by Crippen LogP contribution is -2.04. The molecule has 0 heterocycles. The monoisotopic (exact) mass is 232 g/mol. The van der Waals surface area contributed by atoms with Crippen LogP contribution in [0.1, 0.15) is 12.0 Å². The summed E-state index contributed by atoms with van der Waals surface area (Å²) in [5.74, 6) is -0.371. The number of carbonyl (C=O) groups is 1. The minimum Gasteiger partial charge on any atom is -0.504 e. The van der Waals surface area contributed by atoms with Crippen LogP contribution in [0.2, 0.25) is 0 Å². The van der Waals surface area contributed by atoms with Crippen molar-refractivity contribution < 1.29 is 14.3 Å². The first kappa shape index (κ1) is 13.0. The summed E-state index contributed by atoms with van der Waals surface area (Å²) in [4.78, 5) is 11.3. The fraction of sp³-hybridized carbons (Fsp3) is 0.214. The first-order valence-electron chi connectivity index (χ1n) is 5.29. The molecule has 0 amide bonds. The van der Waals surface area contributed by atoms with Crippen LogP contribution in [0.4, 0.5) is 0 Å². The van der Waals surface area contributed by atoms with Crippen LogP contribution < -0.4 is 0 Å². The maximum Gasteiger partial charge on any atom is 0.337 e. The average molecular weight is 232 g/mol. The van der Waals surface area contributed by atoms with Crippen molar-refractivity contribution in [2.75, 3.05) is 14.2 Å². The second kappa shape index (κ2) is 7.28. The third-order valence-corrected chi connectivity index (χ3v) is 2.16. The highest BCUT2D eigenvalue weighted by Crippen LogP contribution is 2.08. The van der Waals surface area contributed by atoms with Gasteiger partial charge in [-0.05, 0) is 5.56 Å². The molecule has 0 aromatic heterocycles. The van der Waals surface area contributed by atoms with E-state index in [9.17, 15) is 4.79 Å². The van der Waals surface area contributed by atoms with Crippen molar-refractivity contribution in [2.45, 2.75) is 6.42 Å². The third kappa shape index (κ3) is 4.55. The Morgan fingerprint density at radius 1 is 1.24 bits per heavy atom. The molecule has 0 saturated heterocycles. The molecular formula is C14H16O3. The summed E-state index contributed by atoms with van der Waals surface area (Å²) in [5, 5.41) is 0. The van der Waals surface area contributed by atoms with E-state index in [1.54, 1.807) is 0 Å². The van der Waals surface area contributed by atoms with Crippen LogP contribution in [-0.4, -0.2) is 20.2 Å². The first-order chi connectivity index (χ1) is 8.27. The molecule has 1 rings (SSSR count). The topological polar surface area (TPSA) is 35.5 Å². The standard InChI is InChI=1S/C14H16O3/c1-16-11-13(14(15)17-2)10-6-9-12-7-4-3-5-8-12/h3-9,11H,10H2,1-2H3/b9-6+,13-11+. The number of carbonyl (C=O) groups excluding carboxylic acids is 1. The van der Waals surface area contributed by atoms with Gasteiger partial charge in [0.05, 0.1) is 26.1 Å². The van der Waals surface area contributed by atoms with E-state index in [1.807, 2.05) is 42.5 Å². The lowest BCUT2D eigenvalue weighted by atomic mass is 10.1. The smallest absolute Gasteiger partial charge is 0.337 e. The molecule has 90 valence electrons. The van der Waals surface area contributed by atoms with Crippen LogP contribution in [0.5, 0.6) is 0 Å². The molecule has 0 aliphatic carbocycles. The van der Waals surface area contributed by atoms with E-state index >= 15 is 0 Å². The quantitative estimate of drug-likeness (QED) is 0.445. The van der Waals surface area contributed by atoms with Gasteiger partial charge in [0.2, 0.25) is 0 Å². The fourth-order valence-electron chi connectivity index (χ4n) is 1.34. The lowest BCUT2D eigenvalue weighted by Gasteiger charge is -2.01. The van der Waals surface area contributed by atoms with Gasteiger partial charge in [-0.15, -0.1) is 0 Å². The van der Waals surface area contributed by atoms with Gasteiger partial charge in [0, 0.05) is 6.42 Å². The molecular weight excluding hydrogens is 216 g/mol. The van der Waals surface area contributed by atoms with Crippen molar-refractivity contribution in [2.24, 2.45) is 0 Å². The molecule has 1 aromatic rings. The summed E-state index contributed by atoms with van der Waals surface area (Å²) >= 11 is 0. The van der Waals surface area contributed by atoms with E-state index in [0.717, 1.165) is 5.56 Å². The molecule has 3 nitrogen and oxygen atoms in total. The van der Waals surface area contributed by atoms with Crippen LogP contribution in [0, 0.1) is 0 Å². The maximum absolute atomic E-state index is 11.3. The molecule has 0 radical (unpaired) electrons. The zero-order valence-electron chi connectivity index (χ0n) is 10.1. The molecule has 3 heteroatoms. The van der Waals surface area contributed by atoms with Gasteiger partial charge in [0.15, 0.2) is 0 Å². The van der Waals surface area contributed by atoms with Crippen molar-refractivity contribution in [3.63, 3.8) is 0 Å². The lowest BCUT2D eigenvalue weighted by molar-refractivity contribution is -0.136. The largest absolute Gasteiger partial charge is 0.504 e. The highest BCUT2D eigenvalue weighted by atomic mass is 16.5. The zero-order valence-corrected chi connectivity index (χ0v) is 10.1. The zero-order chi connectivity index (χ0) is 12.5. The molecule has 0 N–H and O–H groups in total.